The molecule has 1 saturated carbocycles. The predicted molar refractivity (Wildman–Crippen MR) is 95.1 cm³/mol. The maximum absolute atomic E-state index is 6.68. The Balaban J connectivity index is 1.60. The van der Waals surface area contributed by atoms with E-state index in [1.807, 2.05) is 0 Å². The molecule has 2 aromatic carbocycles. The predicted octanol–water partition coefficient (Wildman–Crippen LogP) is 4.44. The summed E-state index contributed by atoms with van der Waals surface area (Å²) in [5.74, 6) is 0. The van der Waals surface area contributed by atoms with Crippen molar-refractivity contribution in [2.24, 2.45) is 5.73 Å². The molecule has 2 fully saturated rings. The first kappa shape index (κ1) is 14.9. The molecule has 2 N–H and O–H groups in total. The van der Waals surface area contributed by atoms with Crippen LogP contribution in [0.1, 0.15) is 55.3 Å². The van der Waals surface area contributed by atoms with E-state index in [1.54, 1.807) is 0 Å². The molecule has 0 radical (unpaired) electrons. The first-order valence-corrected chi connectivity index (χ1v) is 8.99. The van der Waals surface area contributed by atoms with Gasteiger partial charge in [-0.2, -0.15) is 0 Å². The minimum Gasteiger partial charge on any atom is -0.323 e. The molecule has 0 bridgehead atoms. The third kappa shape index (κ3) is 2.93. The Morgan fingerprint density at radius 1 is 0.826 bits per heavy atom. The molecule has 0 amide bonds. The smallest absolute Gasteiger partial charge is 0.0529 e. The van der Waals surface area contributed by atoms with Crippen molar-refractivity contribution in [3.63, 3.8) is 0 Å². The van der Waals surface area contributed by atoms with Gasteiger partial charge in [0.1, 0.15) is 0 Å². The van der Waals surface area contributed by atoms with Crippen molar-refractivity contribution in [2.45, 2.75) is 56.3 Å². The molecule has 23 heavy (non-hydrogen) atoms. The second-order valence-corrected chi connectivity index (χ2v) is 7.02. The van der Waals surface area contributed by atoms with E-state index in [0.29, 0.717) is 18.1 Å². The Hall–Kier alpha value is -1.64. The fraction of sp³-hybridized carbons (Fsp3) is 0.429. The first-order valence-electron chi connectivity index (χ1n) is 8.99. The van der Waals surface area contributed by atoms with Gasteiger partial charge in [0.05, 0.1) is 6.04 Å². The van der Waals surface area contributed by atoms with Gasteiger partial charge >= 0.3 is 0 Å². The average molecular weight is 306 g/mol. The van der Waals surface area contributed by atoms with Gasteiger partial charge in [-0.1, -0.05) is 79.9 Å². The second kappa shape index (κ2) is 6.46. The summed E-state index contributed by atoms with van der Waals surface area (Å²) in [7, 11) is 0. The molecule has 4 unspecified atom stereocenters. The number of nitrogens with two attached hydrogens (primary N) is 1. The minimum atomic E-state index is 0.100. The molecule has 0 spiro atoms. The SMILES string of the molecule is NC(c1ccccc1)C1C(c2ccccc2)N1C1CCCCC1. The fourth-order valence-corrected chi connectivity index (χ4v) is 4.39. The highest BCUT2D eigenvalue weighted by Crippen LogP contribution is 2.52. The Kier molecular flexibility index (Phi) is 4.19. The zero-order chi connectivity index (χ0) is 15.6. The van der Waals surface area contributed by atoms with Crippen molar-refractivity contribution in [2.75, 3.05) is 0 Å². The van der Waals surface area contributed by atoms with Crippen LogP contribution in [0.3, 0.4) is 0 Å². The van der Waals surface area contributed by atoms with Crippen molar-refractivity contribution in [1.29, 1.82) is 0 Å². The van der Waals surface area contributed by atoms with Crippen LogP contribution in [0.15, 0.2) is 60.7 Å². The van der Waals surface area contributed by atoms with Crippen LogP contribution >= 0.6 is 0 Å². The quantitative estimate of drug-likeness (QED) is 0.846. The first-order chi connectivity index (χ1) is 11.4. The summed E-state index contributed by atoms with van der Waals surface area (Å²) in [6, 6.07) is 23.3. The maximum atomic E-state index is 6.68. The van der Waals surface area contributed by atoms with Crippen molar-refractivity contribution in [1.82, 2.24) is 4.90 Å². The zero-order valence-corrected chi connectivity index (χ0v) is 13.6. The number of hydrogen-bond acceptors (Lipinski definition) is 2. The fourth-order valence-electron chi connectivity index (χ4n) is 4.39. The van der Waals surface area contributed by atoms with Crippen LogP contribution in [-0.4, -0.2) is 17.0 Å². The van der Waals surface area contributed by atoms with Crippen LogP contribution in [0.25, 0.3) is 0 Å². The van der Waals surface area contributed by atoms with Crippen LogP contribution in [0.2, 0.25) is 0 Å². The third-order valence-corrected chi connectivity index (χ3v) is 5.59. The monoisotopic (exact) mass is 306 g/mol. The van der Waals surface area contributed by atoms with Crippen molar-refractivity contribution < 1.29 is 0 Å². The molecule has 1 saturated heterocycles. The molecule has 2 heteroatoms. The Morgan fingerprint density at radius 3 is 2.09 bits per heavy atom. The minimum absolute atomic E-state index is 0.100. The molecular formula is C21H26N2. The van der Waals surface area contributed by atoms with Crippen LogP contribution in [0.5, 0.6) is 0 Å². The molecule has 2 nitrogen and oxygen atoms in total. The van der Waals surface area contributed by atoms with E-state index in [0.717, 1.165) is 0 Å². The highest BCUT2D eigenvalue weighted by Gasteiger charge is 2.54. The molecule has 1 aliphatic carbocycles. The summed E-state index contributed by atoms with van der Waals surface area (Å²) in [5, 5.41) is 0. The molecule has 2 aliphatic rings. The number of benzene rings is 2. The van der Waals surface area contributed by atoms with Crippen LogP contribution in [0, 0.1) is 0 Å². The van der Waals surface area contributed by atoms with E-state index in [9.17, 15) is 0 Å². The van der Waals surface area contributed by atoms with Gasteiger partial charge in [0.25, 0.3) is 0 Å². The van der Waals surface area contributed by atoms with E-state index in [2.05, 4.69) is 65.6 Å². The van der Waals surface area contributed by atoms with Crippen molar-refractivity contribution >= 4 is 0 Å². The van der Waals surface area contributed by atoms with Crippen molar-refractivity contribution in [3.05, 3.63) is 71.8 Å². The Bertz CT molecular complexity index is 619. The topological polar surface area (TPSA) is 29.0 Å². The molecule has 4 atom stereocenters. The Labute approximate surface area is 139 Å². The number of rotatable bonds is 4. The van der Waals surface area contributed by atoms with E-state index in [1.165, 1.54) is 43.2 Å². The number of hydrogen-bond donors (Lipinski definition) is 1. The van der Waals surface area contributed by atoms with Crippen LogP contribution in [0.4, 0.5) is 0 Å². The second-order valence-electron chi connectivity index (χ2n) is 7.02. The maximum Gasteiger partial charge on any atom is 0.0529 e. The molecule has 1 aliphatic heterocycles. The standard InChI is InChI=1S/C21H26N2/c22-19(16-10-4-1-5-11-16)21-20(17-12-6-2-7-13-17)23(21)18-14-8-3-9-15-18/h1-2,4-7,10-13,18-21H,3,8-9,14-15,22H2. The summed E-state index contributed by atoms with van der Waals surface area (Å²) >= 11 is 0. The van der Waals surface area contributed by atoms with Gasteiger partial charge in [0.2, 0.25) is 0 Å². The average Bonchev–Trinajstić information content (AvgIpc) is 3.39. The lowest BCUT2D eigenvalue weighted by atomic mass is 9.95. The molecule has 0 aromatic heterocycles. The molecule has 2 aromatic rings. The highest BCUT2D eigenvalue weighted by molar-refractivity contribution is 5.33. The van der Waals surface area contributed by atoms with Gasteiger partial charge in [-0.05, 0) is 24.0 Å². The molecule has 1 heterocycles. The highest BCUT2D eigenvalue weighted by atomic mass is 15.4. The van der Waals surface area contributed by atoms with E-state index in [-0.39, 0.29) is 6.04 Å². The van der Waals surface area contributed by atoms with Crippen molar-refractivity contribution in [3.8, 4) is 0 Å². The lowest BCUT2D eigenvalue weighted by molar-refractivity contribution is 0.262. The van der Waals surface area contributed by atoms with Crippen LogP contribution < -0.4 is 5.73 Å². The van der Waals surface area contributed by atoms with Crippen LogP contribution in [-0.2, 0) is 0 Å². The van der Waals surface area contributed by atoms with Gasteiger partial charge in [-0.3, -0.25) is 4.90 Å². The lowest BCUT2D eigenvalue weighted by Crippen LogP contribution is -2.28. The van der Waals surface area contributed by atoms with Gasteiger partial charge in [0, 0.05) is 18.1 Å². The third-order valence-electron chi connectivity index (χ3n) is 5.59. The molecule has 120 valence electrons. The van der Waals surface area contributed by atoms with Gasteiger partial charge in [-0.25, -0.2) is 0 Å². The lowest BCUT2D eigenvalue weighted by Gasteiger charge is -2.25. The van der Waals surface area contributed by atoms with Gasteiger partial charge in [0.15, 0.2) is 0 Å². The summed E-state index contributed by atoms with van der Waals surface area (Å²) in [6.07, 6.45) is 6.81. The summed E-state index contributed by atoms with van der Waals surface area (Å²) < 4.78 is 0. The van der Waals surface area contributed by atoms with Gasteiger partial charge in [-0.15, -0.1) is 0 Å². The summed E-state index contributed by atoms with van der Waals surface area (Å²) in [4.78, 5) is 2.70. The van der Waals surface area contributed by atoms with E-state index < -0.39 is 0 Å². The molecule has 4 rings (SSSR count). The molecular weight excluding hydrogens is 280 g/mol. The summed E-state index contributed by atoms with van der Waals surface area (Å²) in [6.45, 7) is 0. The van der Waals surface area contributed by atoms with E-state index in [4.69, 9.17) is 5.73 Å². The van der Waals surface area contributed by atoms with Gasteiger partial charge < -0.3 is 5.73 Å². The largest absolute Gasteiger partial charge is 0.323 e. The number of nitrogens with zero attached hydrogens (tertiary/aromatic N) is 1. The zero-order valence-electron chi connectivity index (χ0n) is 13.6. The normalized spacial score (nSPS) is 29.2. The van der Waals surface area contributed by atoms with E-state index >= 15 is 0 Å². The summed E-state index contributed by atoms with van der Waals surface area (Å²) in [5.41, 5.74) is 9.37. The Morgan fingerprint density at radius 2 is 1.43 bits per heavy atom.